The van der Waals surface area contributed by atoms with Gasteiger partial charge in [-0.2, -0.15) is 0 Å². The first-order valence-electron chi connectivity index (χ1n) is 3.80. The van der Waals surface area contributed by atoms with Crippen LogP contribution in [0.4, 0.5) is 0 Å². The van der Waals surface area contributed by atoms with E-state index in [1.54, 1.807) is 0 Å². The number of hydrogen-bond acceptors (Lipinski definition) is 3. The molecule has 0 saturated heterocycles. The quantitative estimate of drug-likeness (QED) is 0.448. The normalized spacial score (nSPS) is 28.8. The zero-order chi connectivity index (χ0) is 8.27. The third-order valence-corrected chi connectivity index (χ3v) is 2.31. The van der Waals surface area contributed by atoms with Crippen LogP contribution in [0.25, 0.3) is 0 Å². The van der Waals surface area contributed by atoms with Gasteiger partial charge in [0, 0.05) is 12.3 Å². The van der Waals surface area contributed by atoms with Gasteiger partial charge in [0.1, 0.15) is 6.29 Å². The fraction of sp³-hybridized carbons (Fsp3) is 0.750. The standard InChI is InChI=1S/C8H12O3/c1-11-8(10)4-6-2-3-7(6)5-9/h5-7H,2-4H2,1H3/t6-,7-/m1/s1. The number of esters is 1. The Kier molecular flexibility index (Phi) is 2.63. The van der Waals surface area contributed by atoms with Gasteiger partial charge in [-0.05, 0) is 18.8 Å². The van der Waals surface area contributed by atoms with E-state index in [1.807, 2.05) is 0 Å². The molecule has 0 heterocycles. The third kappa shape index (κ3) is 1.79. The van der Waals surface area contributed by atoms with E-state index in [-0.39, 0.29) is 17.8 Å². The highest BCUT2D eigenvalue weighted by atomic mass is 16.5. The van der Waals surface area contributed by atoms with Crippen LogP contribution in [-0.4, -0.2) is 19.4 Å². The minimum absolute atomic E-state index is 0.106. The zero-order valence-electron chi connectivity index (χ0n) is 6.58. The van der Waals surface area contributed by atoms with E-state index in [4.69, 9.17) is 0 Å². The first-order valence-corrected chi connectivity index (χ1v) is 3.80. The van der Waals surface area contributed by atoms with Gasteiger partial charge in [-0.25, -0.2) is 0 Å². The number of carbonyl (C=O) groups excluding carboxylic acids is 2. The second-order valence-corrected chi connectivity index (χ2v) is 2.92. The lowest BCUT2D eigenvalue weighted by Crippen LogP contribution is -2.29. The molecule has 1 aliphatic carbocycles. The molecule has 62 valence electrons. The van der Waals surface area contributed by atoms with Crippen LogP contribution in [-0.2, 0) is 14.3 Å². The van der Waals surface area contributed by atoms with Crippen molar-refractivity contribution in [2.75, 3.05) is 7.11 Å². The minimum Gasteiger partial charge on any atom is -0.469 e. The summed E-state index contributed by atoms with van der Waals surface area (Å²) in [7, 11) is 1.37. The average molecular weight is 156 g/mol. The molecule has 1 aliphatic rings. The number of rotatable bonds is 3. The number of ether oxygens (including phenoxy) is 1. The first-order chi connectivity index (χ1) is 5.27. The minimum atomic E-state index is -0.207. The number of carbonyl (C=O) groups is 2. The molecule has 3 nitrogen and oxygen atoms in total. The largest absolute Gasteiger partial charge is 0.469 e. The Balaban J connectivity index is 2.27. The summed E-state index contributed by atoms with van der Waals surface area (Å²) >= 11 is 0. The van der Waals surface area contributed by atoms with Crippen LogP contribution in [0.15, 0.2) is 0 Å². The molecule has 11 heavy (non-hydrogen) atoms. The summed E-state index contributed by atoms with van der Waals surface area (Å²) < 4.78 is 4.49. The molecule has 0 amide bonds. The van der Waals surface area contributed by atoms with E-state index in [2.05, 4.69) is 4.74 Å². The Morgan fingerprint density at radius 3 is 2.73 bits per heavy atom. The highest BCUT2D eigenvalue weighted by molar-refractivity contribution is 5.70. The average Bonchev–Trinajstić information content (AvgIpc) is 1.98. The monoisotopic (exact) mass is 156 g/mol. The molecule has 0 aliphatic heterocycles. The summed E-state index contributed by atoms with van der Waals surface area (Å²) in [6.07, 6.45) is 3.26. The van der Waals surface area contributed by atoms with Crippen LogP contribution >= 0.6 is 0 Å². The number of aldehydes is 1. The fourth-order valence-electron chi connectivity index (χ4n) is 1.32. The van der Waals surface area contributed by atoms with Gasteiger partial charge < -0.3 is 9.53 Å². The van der Waals surface area contributed by atoms with Crippen LogP contribution < -0.4 is 0 Å². The van der Waals surface area contributed by atoms with Crippen molar-refractivity contribution in [2.24, 2.45) is 11.8 Å². The third-order valence-electron chi connectivity index (χ3n) is 2.31. The lowest BCUT2D eigenvalue weighted by atomic mass is 9.73. The predicted octanol–water partition coefficient (Wildman–Crippen LogP) is 0.775. The topological polar surface area (TPSA) is 43.4 Å². The highest BCUT2D eigenvalue weighted by Gasteiger charge is 2.32. The summed E-state index contributed by atoms with van der Waals surface area (Å²) in [5.41, 5.74) is 0. The number of methoxy groups -OCH3 is 1. The van der Waals surface area contributed by atoms with E-state index in [0.29, 0.717) is 6.42 Å². The zero-order valence-corrected chi connectivity index (χ0v) is 6.58. The van der Waals surface area contributed by atoms with Gasteiger partial charge in [-0.3, -0.25) is 4.79 Å². The van der Waals surface area contributed by atoms with Crippen molar-refractivity contribution in [2.45, 2.75) is 19.3 Å². The van der Waals surface area contributed by atoms with Crippen LogP contribution in [0, 0.1) is 11.8 Å². The van der Waals surface area contributed by atoms with Crippen LogP contribution in [0.5, 0.6) is 0 Å². The van der Waals surface area contributed by atoms with Gasteiger partial charge in [-0.1, -0.05) is 0 Å². The molecule has 0 aromatic rings. The van der Waals surface area contributed by atoms with E-state index in [9.17, 15) is 9.59 Å². The maximum absolute atomic E-state index is 10.7. The maximum atomic E-state index is 10.7. The molecule has 3 heteroatoms. The smallest absolute Gasteiger partial charge is 0.305 e. The van der Waals surface area contributed by atoms with Crippen LogP contribution in [0.2, 0.25) is 0 Å². The van der Waals surface area contributed by atoms with Crippen molar-refractivity contribution in [3.05, 3.63) is 0 Å². The van der Waals surface area contributed by atoms with Crippen molar-refractivity contribution in [3.8, 4) is 0 Å². The van der Waals surface area contributed by atoms with Crippen molar-refractivity contribution in [1.29, 1.82) is 0 Å². The Hall–Kier alpha value is -0.860. The molecule has 1 rings (SSSR count). The highest BCUT2D eigenvalue weighted by Crippen LogP contribution is 2.35. The molecular formula is C8H12O3. The molecule has 0 spiro atoms. The lowest BCUT2D eigenvalue weighted by Gasteiger charge is -2.31. The van der Waals surface area contributed by atoms with Crippen LogP contribution in [0.1, 0.15) is 19.3 Å². The molecule has 0 unspecified atom stereocenters. The van der Waals surface area contributed by atoms with Crippen molar-refractivity contribution in [3.63, 3.8) is 0 Å². The van der Waals surface area contributed by atoms with E-state index >= 15 is 0 Å². The Morgan fingerprint density at radius 2 is 2.36 bits per heavy atom. The van der Waals surface area contributed by atoms with Crippen LogP contribution in [0.3, 0.4) is 0 Å². The summed E-state index contributed by atoms with van der Waals surface area (Å²) in [6.45, 7) is 0. The van der Waals surface area contributed by atoms with E-state index < -0.39 is 0 Å². The first kappa shape index (κ1) is 8.24. The second kappa shape index (κ2) is 3.51. The SMILES string of the molecule is COC(=O)C[C@H]1CC[C@@H]1C=O. The van der Waals surface area contributed by atoms with E-state index in [1.165, 1.54) is 7.11 Å². The van der Waals surface area contributed by atoms with Gasteiger partial charge >= 0.3 is 5.97 Å². The molecule has 0 radical (unpaired) electrons. The number of hydrogen-bond donors (Lipinski definition) is 0. The van der Waals surface area contributed by atoms with Gasteiger partial charge in [0.05, 0.1) is 7.11 Å². The predicted molar refractivity (Wildman–Crippen MR) is 38.9 cm³/mol. The summed E-state index contributed by atoms with van der Waals surface area (Å²) in [5.74, 6) is 0.149. The van der Waals surface area contributed by atoms with Gasteiger partial charge in [0.25, 0.3) is 0 Å². The van der Waals surface area contributed by atoms with Gasteiger partial charge in [0.15, 0.2) is 0 Å². The Morgan fingerprint density at radius 1 is 1.64 bits per heavy atom. The Labute approximate surface area is 65.7 Å². The molecule has 0 N–H and O–H groups in total. The molecule has 1 saturated carbocycles. The molecule has 0 bridgehead atoms. The molecular weight excluding hydrogens is 144 g/mol. The van der Waals surface area contributed by atoms with Crippen molar-refractivity contribution in [1.82, 2.24) is 0 Å². The molecule has 0 aromatic carbocycles. The van der Waals surface area contributed by atoms with Gasteiger partial charge in [-0.15, -0.1) is 0 Å². The summed E-state index contributed by atoms with van der Waals surface area (Å²) in [4.78, 5) is 21.1. The van der Waals surface area contributed by atoms with E-state index in [0.717, 1.165) is 19.1 Å². The molecule has 1 fully saturated rings. The Bertz CT molecular complexity index is 165. The fourth-order valence-corrected chi connectivity index (χ4v) is 1.32. The molecule has 0 aromatic heterocycles. The van der Waals surface area contributed by atoms with Crippen molar-refractivity contribution >= 4 is 12.3 Å². The second-order valence-electron chi connectivity index (χ2n) is 2.92. The lowest BCUT2D eigenvalue weighted by molar-refractivity contribution is -0.143. The van der Waals surface area contributed by atoms with Gasteiger partial charge in [0.2, 0.25) is 0 Å². The maximum Gasteiger partial charge on any atom is 0.305 e. The van der Waals surface area contributed by atoms with Crippen molar-refractivity contribution < 1.29 is 14.3 Å². The molecule has 2 atom stereocenters. The summed E-state index contributed by atoms with van der Waals surface area (Å²) in [6, 6.07) is 0. The summed E-state index contributed by atoms with van der Waals surface area (Å²) in [5, 5.41) is 0.